The average Bonchev–Trinajstić information content (AvgIpc) is 3.17. The number of halogens is 1. The molecule has 0 spiro atoms. The molecular weight excluding hydrogens is 398 g/mol. The summed E-state index contributed by atoms with van der Waals surface area (Å²) in [5.41, 5.74) is -0.0394. The van der Waals surface area contributed by atoms with Gasteiger partial charge in [-0.3, -0.25) is 18.7 Å². The van der Waals surface area contributed by atoms with Gasteiger partial charge in [0, 0.05) is 26.4 Å². The van der Waals surface area contributed by atoms with Crippen molar-refractivity contribution in [2.45, 2.75) is 23.7 Å². The van der Waals surface area contributed by atoms with Gasteiger partial charge in [-0.2, -0.15) is 0 Å². The number of carbonyl (C=O) groups excluding carboxylic acids is 1. The summed E-state index contributed by atoms with van der Waals surface area (Å²) in [6, 6.07) is 0. The smallest absolute Gasteiger partial charge is 0.327 e. The predicted molar refractivity (Wildman–Crippen MR) is 96.6 cm³/mol. The SMILES string of the molecule is CC(Br)C(=O)N1CCSC1Cn1cnc2c1c(=O)n(C)c(=O)n2C. The number of carbonyl (C=O) groups is 1. The maximum absolute atomic E-state index is 12.5. The van der Waals surface area contributed by atoms with E-state index in [0.717, 1.165) is 10.3 Å². The van der Waals surface area contributed by atoms with E-state index >= 15 is 0 Å². The molecule has 1 aliphatic rings. The van der Waals surface area contributed by atoms with Gasteiger partial charge in [-0.25, -0.2) is 9.78 Å². The number of hydrogen-bond donors (Lipinski definition) is 0. The summed E-state index contributed by atoms with van der Waals surface area (Å²) < 4.78 is 4.17. The highest BCUT2D eigenvalue weighted by Crippen LogP contribution is 2.27. The molecule has 0 saturated carbocycles. The Balaban J connectivity index is 2.01. The minimum atomic E-state index is -0.405. The van der Waals surface area contributed by atoms with Crippen molar-refractivity contribution < 1.29 is 4.79 Å². The summed E-state index contributed by atoms with van der Waals surface area (Å²) in [7, 11) is 3.04. The lowest BCUT2D eigenvalue weighted by molar-refractivity contribution is -0.130. The van der Waals surface area contributed by atoms with Crippen LogP contribution in [0.3, 0.4) is 0 Å². The molecule has 2 aromatic heterocycles. The molecule has 3 rings (SSSR count). The topological polar surface area (TPSA) is 82.1 Å². The molecule has 3 heterocycles. The van der Waals surface area contributed by atoms with Crippen LogP contribution >= 0.6 is 27.7 Å². The van der Waals surface area contributed by atoms with E-state index < -0.39 is 5.69 Å². The minimum absolute atomic E-state index is 0.0368. The molecule has 24 heavy (non-hydrogen) atoms. The number of fused-ring (bicyclic) bond motifs is 1. The zero-order chi connectivity index (χ0) is 17.6. The third-order valence-corrected chi connectivity index (χ3v) is 5.78. The molecule has 0 radical (unpaired) electrons. The van der Waals surface area contributed by atoms with E-state index in [1.165, 1.54) is 11.6 Å². The van der Waals surface area contributed by atoms with Crippen LogP contribution in [0.1, 0.15) is 6.92 Å². The molecule has 1 fully saturated rings. The maximum atomic E-state index is 12.5. The van der Waals surface area contributed by atoms with Crippen molar-refractivity contribution >= 4 is 44.8 Å². The lowest BCUT2D eigenvalue weighted by atomic mass is 10.3. The van der Waals surface area contributed by atoms with E-state index in [9.17, 15) is 14.4 Å². The second kappa shape index (κ2) is 6.40. The highest BCUT2D eigenvalue weighted by Gasteiger charge is 2.32. The van der Waals surface area contributed by atoms with Crippen LogP contribution in [0.4, 0.5) is 0 Å². The Hall–Kier alpha value is -1.55. The molecule has 0 bridgehead atoms. The van der Waals surface area contributed by atoms with Gasteiger partial charge in [-0.05, 0) is 6.92 Å². The van der Waals surface area contributed by atoms with Gasteiger partial charge >= 0.3 is 5.69 Å². The lowest BCUT2D eigenvalue weighted by Crippen LogP contribution is -2.41. The number of amides is 1. The zero-order valence-electron chi connectivity index (χ0n) is 13.6. The van der Waals surface area contributed by atoms with Gasteiger partial charge in [0.2, 0.25) is 5.91 Å². The molecule has 1 aliphatic heterocycles. The molecule has 8 nitrogen and oxygen atoms in total. The van der Waals surface area contributed by atoms with Gasteiger partial charge in [-0.1, -0.05) is 15.9 Å². The van der Waals surface area contributed by atoms with Crippen LogP contribution in [0.15, 0.2) is 15.9 Å². The molecule has 2 aromatic rings. The highest BCUT2D eigenvalue weighted by atomic mass is 79.9. The fraction of sp³-hybridized carbons (Fsp3) is 0.571. The molecule has 0 aliphatic carbocycles. The van der Waals surface area contributed by atoms with Crippen molar-refractivity contribution in [3.05, 3.63) is 27.2 Å². The second-order valence-electron chi connectivity index (χ2n) is 5.75. The summed E-state index contributed by atoms with van der Waals surface area (Å²) in [4.78, 5) is 42.6. The summed E-state index contributed by atoms with van der Waals surface area (Å²) in [6.07, 6.45) is 1.56. The van der Waals surface area contributed by atoms with Gasteiger partial charge in [0.05, 0.1) is 23.1 Å². The number of aromatic nitrogens is 4. The lowest BCUT2D eigenvalue weighted by Gasteiger charge is -2.25. The van der Waals surface area contributed by atoms with Crippen molar-refractivity contribution in [1.29, 1.82) is 0 Å². The summed E-state index contributed by atoms with van der Waals surface area (Å²) in [5.74, 6) is 0.897. The Labute approximate surface area is 150 Å². The number of alkyl halides is 1. The first-order valence-corrected chi connectivity index (χ1v) is 9.46. The molecule has 1 saturated heterocycles. The quantitative estimate of drug-likeness (QED) is 0.664. The number of hydrogen-bond acceptors (Lipinski definition) is 5. The second-order valence-corrected chi connectivity index (χ2v) is 8.41. The Morgan fingerprint density at radius 2 is 2.12 bits per heavy atom. The number of nitrogens with zero attached hydrogens (tertiary/aromatic N) is 5. The number of thioether (sulfide) groups is 1. The van der Waals surface area contributed by atoms with Crippen molar-refractivity contribution in [2.75, 3.05) is 12.3 Å². The van der Waals surface area contributed by atoms with Crippen LogP contribution in [0, 0.1) is 0 Å². The third-order valence-electron chi connectivity index (χ3n) is 4.18. The van der Waals surface area contributed by atoms with Crippen LogP contribution in [-0.2, 0) is 25.4 Å². The largest absolute Gasteiger partial charge is 0.332 e. The highest BCUT2D eigenvalue weighted by molar-refractivity contribution is 9.10. The molecule has 2 atom stereocenters. The maximum Gasteiger partial charge on any atom is 0.332 e. The summed E-state index contributed by atoms with van der Waals surface area (Å²) >= 11 is 5.00. The van der Waals surface area contributed by atoms with Crippen LogP contribution in [-0.4, -0.2) is 52.0 Å². The van der Waals surface area contributed by atoms with Gasteiger partial charge in [0.15, 0.2) is 11.2 Å². The van der Waals surface area contributed by atoms with E-state index in [4.69, 9.17) is 0 Å². The van der Waals surface area contributed by atoms with Crippen molar-refractivity contribution in [1.82, 2.24) is 23.6 Å². The standard InChI is InChI=1S/C14H18BrN5O3S/c1-8(15)12(21)20-4-5-24-9(20)6-19-7-16-11-10(19)13(22)18(3)14(23)17(11)2/h7-9H,4-6H2,1-3H3. The van der Waals surface area contributed by atoms with Crippen LogP contribution in [0.2, 0.25) is 0 Å². The fourth-order valence-corrected chi connectivity index (χ4v) is 4.35. The molecule has 10 heteroatoms. The molecule has 0 aromatic carbocycles. The zero-order valence-corrected chi connectivity index (χ0v) is 16.0. The molecule has 1 amide bonds. The van der Waals surface area contributed by atoms with Gasteiger partial charge in [0.1, 0.15) is 0 Å². The van der Waals surface area contributed by atoms with Crippen molar-refractivity contribution in [3.8, 4) is 0 Å². The van der Waals surface area contributed by atoms with E-state index in [2.05, 4.69) is 20.9 Å². The predicted octanol–water partition coefficient (Wildman–Crippen LogP) is 0.119. The first kappa shape index (κ1) is 17.3. The van der Waals surface area contributed by atoms with E-state index in [-0.39, 0.29) is 21.7 Å². The normalized spacial score (nSPS) is 19.2. The molecule has 2 unspecified atom stereocenters. The molecule has 0 N–H and O–H groups in total. The van der Waals surface area contributed by atoms with Gasteiger partial charge in [0.25, 0.3) is 5.56 Å². The Morgan fingerprint density at radius 3 is 2.79 bits per heavy atom. The average molecular weight is 416 g/mol. The monoisotopic (exact) mass is 415 g/mol. The number of rotatable bonds is 3. The first-order chi connectivity index (χ1) is 11.3. The Bertz CT molecular complexity index is 915. The minimum Gasteiger partial charge on any atom is -0.327 e. The number of imidazole rings is 1. The van der Waals surface area contributed by atoms with Crippen LogP contribution in [0.25, 0.3) is 11.2 Å². The van der Waals surface area contributed by atoms with Gasteiger partial charge < -0.3 is 9.47 Å². The number of aryl methyl sites for hydroxylation is 1. The van der Waals surface area contributed by atoms with E-state index in [1.54, 1.807) is 36.6 Å². The summed E-state index contributed by atoms with van der Waals surface area (Å²) in [6.45, 7) is 2.95. The van der Waals surface area contributed by atoms with Crippen molar-refractivity contribution in [2.24, 2.45) is 14.1 Å². The summed E-state index contributed by atoms with van der Waals surface area (Å²) in [5, 5.41) is -0.0585. The fourth-order valence-electron chi connectivity index (χ4n) is 2.86. The Morgan fingerprint density at radius 1 is 1.42 bits per heavy atom. The molecule has 130 valence electrons. The van der Waals surface area contributed by atoms with Crippen LogP contribution < -0.4 is 11.2 Å². The third kappa shape index (κ3) is 2.71. The van der Waals surface area contributed by atoms with Crippen molar-refractivity contribution in [3.63, 3.8) is 0 Å². The van der Waals surface area contributed by atoms with Gasteiger partial charge in [-0.15, -0.1) is 11.8 Å². The molecular formula is C14H18BrN5O3S. The first-order valence-electron chi connectivity index (χ1n) is 7.50. The van der Waals surface area contributed by atoms with E-state index in [1.807, 2.05) is 4.90 Å². The van der Waals surface area contributed by atoms with E-state index in [0.29, 0.717) is 24.3 Å². The van der Waals surface area contributed by atoms with Crippen LogP contribution in [0.5, 0.6) is 0 Å². The Kier molecular flexibility index (Phi) is 4.60.